The summed E-state index contributed by atoms with van der Waals surface area (Å²) in [5, 5.41) is 0. The Morgan fingerprint density at radius 3 is 2.47 bits per heavy atom. The van der Waals surface area contributed by atoms with E-state index in [0.717, 1.165) is 87.7 Å². The number of esters is 1. The van der Waals surface area contributed by atoms with Gasteiger partial charge in [0, 0.05) is 50.1 Å². The number of fused-ring (bicyclic) bond motifs is 1. The van der Waals surface area contributed by atoms with Gasteiger partial charge in [-0.3, -0.25) is 9.59 Å². The number of likely N-dealkylation sites (tertiary alicyclic amines) is 1. The standard InChI is InChI=1S/C37H51FN2O5/c38-22-33(39)27-8-10-28(11-9-27)36(42)40-15-12-32(26-4-2-1-3-5-26)35(40)34(41)19-25-6-7-29-20-31(21-30(29)18-25)37(43)45-23-24-13-16-44-17-14-24/h6-7,18,21,24,26-28,32-33,35H,1-5,8-17,19-20,22-23,39H2/t27?,28?,32-,33+,35-/m0/s1. The third-order valence-electron chi connectivity index (χ3n) is 11.6. The number of carbonyl (C=O) groups is 3. The lowest BCUT2D eigenvalue weighted by Gasteiger charge is -2.37. The Bertz CT molecular complexity index is 1250. The number of hydrogen-bond acceptors (Lipinski definition) is 6. The van der Waals surface area contributed by atoms with E-state index >= 15 is 0 Å². The van der Waals surface area contributed by atoms with Gasteiger partial charge in [0.05, 0.1) is 12.6 Å². The van der Waals surface area contributed by atoms with Crippen LogP contribution in [0.5, 0.6) is 0 Å². The Morgan fingerprint density at radius 1 is 0.978 bits per heavy atom. The summed E-state index contributed by atoms with van der Waals surface area (Å²) in [4.78, 5) is 42.9. The summed E-state index contributed by atoms with van der Waals surface area (Å²) >= 11 is 0. The molecule has 0 unspecified atom stereocenters. The molecule has 4 fully saturated rings. The average molecular weight is 623 g/mol. The Kier molecular flexibility index (Phi) is 10.7. The highest BCUT2D eigenvalue weighted by Gasteiger charge is 2.46. The molecule has 45 heavy (non-hydrogen) atoms. The van der Waals surface area contributed by atoms with E-state index in [2.05, 4.69) is 0 Å². The number of carbonyl (C=O) groups excluding carboxylic acids is 3. The van der Waals surface area contributed by atoms with Crippen LogP contribution in [0, 0.1) is 29.6 Å². The van der Waals surface area contributed by atoms with E-state index in [4.69, 9.17) is 15.2 Å². The van der Waals surface area contributed by atoms with Crippen LogP contribution in [-0.4, -0.2) is 67.7 Å². The zero-order valence-electron chi connectivity index (χ0n) is 26.7. The summed E-state index contributed by atoms with van der Waals surface area (Å²) in [6.07, 6.45) is 14.4. The van der Waals surface area contributed by atoms with Gasteiger partial charge in [-0.15, -0.1) is 0 Å². The molecule has 8 heteroatoms. The second-order valence-corrected chi connectivity index (χ2v) is 14.4. The molecule has 0 bridgehead atoms. The number of nitrogens with zero attached hydrogens (tertiary/aromatic N) is 1. The van der Waals surface area contributed by atoms with Gasteiger partial charge in [0.2, 0.25) is 5.91 Å². The van der Waals surface area contributed by atoms with Crippen molar-refractivity contribution in [1.82, 2.24) is 4.90 Å². The van der Waals surface area contributed by atoms with Gasteiger partial charge >= 0.3 is 5.97 Å². The topological polar surface area (TPSA) is 98.9 Å². The first-order valence-electron chi connectivity index (χ1n) is 17.6. The summed E-state index contributed by atoms with van der Waals surface area (Å²) in [6, 6.07) is 5.25. The van der Waals surface area contributed by atoms with Crippen LogP contribution >= 0.6 is 0 Å². The summed E-state index contributed by atoms with van der Waals surface area (Å²) < 4.78 is 24.2. The molecule has 1 aromatic rings. The largest absolute Gasteiger partial charge is 0.462 e. The third kappa shape index (κ3) is 7.54. The highest BCUT2D eigenvalue weighted by Crippen LogP contribution is 2.41. The Balaban J connectivity index is 1.12. The number of ether oxygens (including phenoxy) is 2. The molecule has 1 aromatic carbocycles. The highest BCUT2D eigenvalue weighted by molar-refractivity contribution is 5.97. The van der Waals surface area contributed by atoms with Crippen molar-refractivity contribution < 1.29 is 28.2 Å². The predicted molar refractivity (Wildman–Crippen MR) is 171 cm³/mol. The van der Waals surface area contributed by atoms with Crippen molar-refractivity contribution >= 4 is 23.7 Å². The molecule has 3 atom stereocenters. The second kappa shape index (κ2) is 14.9. The lowest BCUT2D eigenvalue weighted by atomic mass is 9.75. The number of benzene rings is 1. The molecule has 0 spiro atoms. The SMILES string of the molecule is N[C@H](CF)C1CCC(C(=O)N2CC[C@@H](C3CCCCC3)[C@H]2C(=O)Cc2ccc3c(c2)C=C(C(=O)OCC2CCOCC2)C3)CC1. The van der Waals surface area contributed by atoms with Crippen LogP contribution < -0.4 is 5.73 Å². The fourth-order valence-electron chi connectivity index (χ4n) is 8.82. The van der Waals surface area contributed by atoms with E-state index in [-0.39, 0.29) is 47.9 Å². The summed E-state index contributed by atoms with van der Waals surface area (Å²) in [5.41, 5.74) is 9.62. The Morgan fingerprint density at radius 2 is 1.73 bits per heavy atom. The molecule has 2 aliphatic heterocycles. The smallest absolute Gasteiger partial charge is 0.334 e. The van der Waals surface area contributed by atoms with Crippen molar-refractivity contribution in [3.05, 3.63) is 40.5 Å². The van der Waals surface area contributed by atoms with Crippen molar-refractivity contribution in [2.75, 3.05) is 33.0 Å². The maximum absolute atomic E-state index is 14.2. The second-order valence-electron chi connectivity index (χ2n) is 14.4. The van der Waals surface area contributed by atoms with Crippen molar-refractivity contribution in [1.29, 1.82) is 0 Å². The van der Waals surface area contributed by atoms with Gasteiger partial charge in [-0.2, -0.15) is 0 Å². The lowest BCUT2D eigenvalue weighted by Crippen LogP contribution is -2.48. The first kappa shape index (κ1) is 32.4. The molecule has 0 aromatic heterocycles. The van der Waals surface area contributed by atoms with Crippen LogP contribution in [0.25, 0.3) is 6.08 Å². The fraction of sp³-hybridized carbons (Fsp3) is 0.703. The molecule has 246 valence electrons. The van der Waals surface area contributed by atoms with E-state index < -0.39 is 12.7 Å². The minimum atomic E-state index is -0.518. The molecule has 2 saturated heterocycles. The minimum absolute atomic E-state index is 0.108. The van der Waals surface area contributed by atoms with Crippen molar-refractivity contribution in [3.63, 3.8) is 0 Å². The van der Waals surface area contributed by atoms with Gasteiger partial charge in [-0.1, -0.05) is 50.3 Å². The zero-order chi connectivity index (χ0) is 31.3. The predicted octanol–water partition coefficient (Wildman–Crippen LogP) is 5.61. The molecular formula is C37H51FN2O5. The summed E-state index contributed by atoms with van der Waals surface area (Å²) in [7, 11) is 0. The number of nitrogens with two attached hydrogens (primary N) is 1. The Labute approximate surface area is 267 Å². The normalized spacial score (nSPS) is 28.4. The number of Topliss-reactive ketones (excluding diaryl/α,β-unsaturated/α-hetero) is 1. The summed E-state index contributed by atoms with van der Waals surface area (Å²) in [6.45, 7) is 2.01. The molecule has 2 heterocycles. The van der Waals surface area contributed by atoms with Gasteiger partial charge in [0.1, 0.15) is 6.67 Å². The van der Waals surface area contributed by atoms with Crippen molar-refractivity contribution in [3.8, 4) is 0 Å². The van der Waals surface area contributed by atoms with Gasteiger partial charge < -0.3 is 20.1 Å². The number of rotatable bonds is 10. The average Bonchev–Trinajstić information content (AvgIpc) is 3.72. The number of amides is 1. The van der Waals surface area contributed by atoms with Crippen LogP contribution in [0.15, 0.2) is 23.8 Å². The van der Waals surface area contributed by atoms with Crippen molar-refractivity contribution in [2.24, 2.45) is 35.3 Å². The quantitative estimate of drug-likeness (QED) is 0.341. The number of halogens is 1. The Hall–Kier alpha value is -2.58. The van der Waals surface area contributed by atoms with E-state index in [0.29, 0.717) is 37.0 Å². The van der Waals surface area contributed by atoms with Gasteiger partial charge in [-0.05, 0) is 91.4 Å². The van der Waals surface area contributed by atoms with Crippen LogP contribution in [0.3, 0.4) is 0 Å². The summed E-state index contributed by atoms with van der Waals surface area (Å²) in [5.74, 6) is 1.06. The van der Waals surface area contributed by atoms with E-state index in [1.165, 1.54) is 19.3 Å². The maximum Gasteiger partial charge on any atom is 0.334 e. The molecule has 3 aliphatic carbocycles. The first-order valence-corrected chi connectivity index (χ1v) is 17.6. The fourth-order valence-corrected chi connectivity index (χ4v) is 8.82. The third-order valence-corrected chi connectivity index (χ3v) is 11.6. The zero-order valence-corrected chi connectivity index (χ0v) is 26.7. The maximum atomic E-state index is 14.2. The highest BCUT2D eigenvalue weighted by atomic mass is 19.1. The molecule has 6 rings (SSSR count). The van der Waals surface area contributed by atoms with Gasteiger partial charge in [0.25, 0.3) is 0 Å². The lowest BCUT2D eigenvalue weighted by molar-refractivity contribution is -0.143. The van der Waals surface area contributed by atoms with Crippen molar-refractivity contribution in [2.45, 2.75) is 102 Å². The molecule has 7 nitrogen and oxygen atoms in total. The van der Waals surface area contributed by atoms with Gasteiger partial charge in [0.15, 0.2) is 5.78 Å². The molecule has 5 aliphatic rings. The van der Waals surface area contributed by atoms with Crippen LogP contribution in [0.4, 0.5) is 4.39 Å². The van der Waals surface area contributed by atoms with Crippen LogP contribution in [0.2, 0.25) is 0 Å². The van der Waals surface area contributed by atoms with Gasteiger partial charge in [-0.25, -0.2) is 9.18 Å². The molecule has 0 radical (unpaired) electrons. The van der Waals surface area contributed by atoms with E-state index in [1.807, 2.05) is 29.2 Å². The monoisotopic (exact) mass is 622 g/mol. The van der Waals surface area contributed by atoms with Crippen LogP contribution in [-0.2, 0) is 36.7 Å². The van der Waals surface area contributed by atoms with Crippen LogP contribution in [0.1, 0.15) is 93.7 Å². The minimum Gasteiger partial charge on any atom is -0.462 e. The molecule has 1 amide bonds. The molecule has 2 saturated carbocycles. The number of ketones is 1. The molecular weight excluding hydrogens is 571 g/mol. The van der Waals surface area contributed by atoms with E-state index in [9.17, 15) is 18.8 Å². The molecule has 2 N–H and O–H groups in total. The number of hydrogen-bond donors (Lipinski definition) is 1. The van der Waals surface area contributed by atoms with E-state index in [1.54, 1.807) is 0 Å². The number of alkyl halides is 1. The first-order chi connectivity index (χ1) is 21.9.